The number of likely N-dealkylation sites (tertiary alicyclic amines) is 1. The van der Waals surface area contributed by atoms with Crippen LogP contribution in [0.1, 0.15) is 37.3 Å². The van der Waals surface area contributed by atoms with Gasteiger partial charge in [-0.05, 0) is 50.4 Å². The lowest BCUT2D eigenvalue weighted by Crippen LogP contribution is -2.52. The number of rotatable bonds is 3. The fourth-order valence-corrected chi connectivity index (χ4v) is 4.06. The number of hydrogen-bond acceptors (Lipinski definition) is 4. The number of nitrogens with zero attached hydrogens (tertiary/aromatic N) is 2. The summed E-state index contributed by atoms with van der Waals surface area (Å²) in [7, 11) is 0. The SMILES string of the molecule is CC1(O)CCOCC1C1CCCN1Cc1ccc(Cl)cc1C#N. The van der Waals surface area contributed by atoms with Crippen LogP contribution in [0.5, 0.6) is 0 Å². The van der Waals surface area contributed by atoms with Gasteiger partial charge in [0.25, 0.3) is 0 Å². The topological polar surface area (TPSA) is 56.5 Å². The van der Waals surface area contributed by atoms with E-state index in [1.54, 1.807) is 6.07 Å². The zero-order valence-electron chi connectivity index (χ0n) is 13.5. The summed E-state index contributed by atoms with van der Waals surface area (Å²) in [4.78, 5) is 2.39. The second kappa shape index (κ2) is 6.78. The molecule has 3 rings (SSSR count). The van der Waals surface area contributed by atoms with Gasteiger partial charge in [0, 0.05) is 30.1 Å². The molecule has 3 unspecified atom stereocenters. The average molecular weight is 335 g/mol. The van der Waals surface area contributed by atoms with Crippen molar-refractivity contribution in [2.75, 3.05) is 19.8 Å². The fourth-order valence-electron chi connectivity index (χ4n) is 3.89. The maximum Gasteiger partial charge on any atom is 0.0995 e. The molecular formula is C18H23ClN2O2. The number of ether oxygens (including phenoxy) is 1. The van der Waals surface area contributed by atoms with Gasteiger partial charge in [-0.25, -0.2) is 0 Å². The van der Waals surface area contributed by atoms with Crippen LogP contribution in [0.25, 0.3) is 0 Å². The molecule has 2 saturated heterocycles. The Morgan fingerprint density at radius 1 is 1.52 bits per heavy atom. The van der Waals surface area contributed by atoms with Crippen LogP contribution in [0.3, 0.4) is 0 Å². The Balaban J connectivity index is 1.79. The first-order chi connectivity index (χ1) is 11.0. The van der Waals surface area contributed by atoms with Crippen molar-refractivity contribution in [2.24, 2.45) is 5.92 Å². The minimum absolute atomic E-state index is 0.122. The standard InChI is InChI=1S/C18H23ClN2O2/c1-18(22)6-8-23-12-16(18)17-3-2-7-21(17)11-13-4-5-15(19)9-14(13)10-20/h4-5,9,16-17,22H,2-3,6-8,11-12H2,1H3. The van der Waals surface area contributed by atoms with E-state index in [9.17, 15) is 10.4 Å². The Bertz CT molecular complexity index is 612. The monoisotopic (exact) mass is 334 g/mol. The number of benzene rings is 1. The zero-order valence-corrected chi connectivity index (χ0v) is 14.2. The van der Waals surface area contributed by atoms with Crippen molar-refractivity contribution in [1.29, 1.82) is 5.26 Å². The largest absolute Gasteiger partial charge is 0.390 e. The van der Waals surface area contributed by atoms with E-state index in [2.05, 4.69) is 11.0 Å². The van der Waals surface area contributed by atoms with E-state index in [4.69, 9.17) is 16.3 Å². The van der Waals surface area contributed by atoms with Crippen LogP contribution in [0.2, 0.25) is 5.02 Å². The van der Waals surface area contributed by atoms with Crippen molar-refractivity contribution < 1.29 is 9.84 Å². The molecule has 3 atom stereocenters. The van der Waals surface area contributed by atoms with E-state index in [-0.39, 0.29) is 5.92 Å². The first-order valence-electron chi connectivity index (χ1n) is 8.24. The van der Waals surface area contributed by atoms with E-state index in [1.807, 2.05) is 19.1 Å². The number of aliphatic hydroxyl groups is 1. The van der Waals surface area contributed by atoms with Crippen LogP contribution in [0, 0.1) is 17.2 Å². The maximum absolute atomic E-state index is 10.7. The average Bonchev–Trinajstić information content (AvgIpc) is 2.96. The molecule has 5 heteroatoms. The predicted molar refractivity (Wildman–Crippen MR) is 89.1 cm³/mol. The van der Waals surface area contributed by atoms with E-state index in [0.29, 0.717) is 36.3 Å². The molecular weight excluding hydrogens is 312 g/mol. The quantitative estimate of drug-likeness (QED) is 0.923. The minimum atomic E-state index is -0.677. The molecule has 0 saturated carbocycles. The van der Waals surface area contributed by atoms with E-state index in [0.717, 1.165) is 31.5 Å². The Kier molecular flexibility index (Phi) is 4.93. The van der Waals surface area contributed by atoms with Crippen molar-refractivity contribution in [2.45, 2.75) is 44.4 Å². The molecule has 0 bridgehead atoms. The van der Waals surface area contributed by atoms with Crippen molar-refractivity contribution in [1.82, 2.24) is 4.90 Å². The van der Waals surface area contributed by atoms with Crippen LogP contribution in [0.15, 0.2) is 18.2 Å². The third-order valence-electron chi connectivity index (χ3n) is 5.29. The molecule has 4 nitrogen and oxygen atoms in total. The van der Waals surface area contributed by atoms with Gasteiger partial charge < -0.3 is 9.84 Å². The van der Waals surface area contributed by atoms with Crippen LogP contribution in [0.4, 0.5) is 0 Å². The number of hydrogen-bond donors (Lipinski definition) is 1. The van der Waals surface area contributed by atoms with E-state index < -0.39 is 5.60 Å². The molecule has 2 heterocycles. The normalized spacial score (nSPS) is 31.9. The summed E-state index contributed by atoms with van der Waals surface area (Å²) >= 11 is 5.99. The highest BCUT2D eigenvalue weighted by Crippen LogP contribution is 2.36. The molecule has 2 fully saturated rings. The molecule has 124 valence electrons. The lowest BCUT2D eigenvalue weighted by atomic mass is 9.79. The molecule has 1 aromatic carbocycles. The van der Waals surface area contributed by atoms with Gasteiger partial charge in [-0.15, -0.1) is 0 Å². The summed E-state index contributed by atoms with van der Waals surface area (Å²) in [6.45, 7) is 4.88. The van der Waals surface area contributed by atoms with Crippen LogP contribution in [-0.2, 0) is 11.3 Å². The molecule has 2 aliphatic rings. The van der Waals surface area contributed by atoms with Gasteiger partial charge in [0.1, 0.15) is 0 Å². The highest BCUT2D eigenvalue weighted by molar-refractivity contribution is 6.30. The van der Waals surface area contributed by atoms with Crippen molar-refractivity contribution in [3.8, 4) is 6.07 Å². The first kappa shape index (κ1) is 16.7. The zero-order chi connectivity index (χ0) is 16.4. The summed E-state index contributed by atoms with van der Waals surface area (Å²) in [5.74, 6) is 0.122. The summed E-state index contributed by atoms with van der Waals surface area (Å²) in [5, 5.41) is 20.7. The molecule has 0 aliphatic carbocycles. The molecule has 0 radical (unpaired) electrons. The van der Waals surface area contributed by atoms with Crippen molar-refractivity contribution in [3.63, 3.8) is 0 Å². The smallest absolute Gasteiger partial charge is 0.0995 e. The Labute approximate surface area is 142 Å². The highest BCUT2D eigenvalue weighted by atomic mass is 35.5. The molecule has 2 aliphatic heterocycles. The number of halogens is 1. The predicted octanol–water partition coefficient (Wildman–Crippen LogP) is 2.96. The highest BCUT2D eigenvalue weighted by Gasteiger charge is 2.44. The third kappa shape index (κ3) is 3.54. The van der Waals surface area contributed by atoms with Gasteiger partial charge in [0.15, 0.2) is 0 Å². The lowest BCUT2D eigenvalue weighted by Gasteiger charge is -2.43. The summed E-state index contributed by atoms with van der Waals surface area (Å²) < 4.78 is 5.63. The van der Waals surface area contributed by atoms with Gasteiger partial charge >= 0.3 is 0 Å². The van der Waals surface area contributed by atoms with Gasteiger partial charge in [-0.2, -0.15) is 5.26 Å². The Morgan fingerprint density at radius 2 is 2.35 bits per heavy atom. The summed E-state index contributed by atoms with van der Waals surface area (Å²) in [6.07, 6.45) is 2.87. The number of nitriles is 1. The maximum atomic E-state index is 10.7. The van der Waals surface area contributed by atoms with Crippen LogP contribution >= 0.6 is 11.6 Å². The Hall–Kier alpha value is -1.12. The molecule has 0 aromatic heterocycles. The van der Waals surface area contributed by atoms with Gasteiger partial charge in [-0.1, -0.05) is 17.7 Å². The second-order valence-corrected chi connectivity index (χ2v) is 7.32. The van der Waals surface area contributed by atoms with Crippen molar-refractivity contribution in [3.05, 3.63) is 34.3 Å². The molecule has 23 heavy (non-hydrogen) atoms. The van der Waals surface area contributed by atoms with Gasteiger partial charge in [0.2, 0.25) is 0 Å². The van der Waals surface area contributed by atoms with Gasteiger partial charge in [0.05, 0.1) is 23.8 Å². The molecule has 1 N–H and O–H groups in total. The Morgan fingerprint density at radius 3 is 3.09 bits per heavy atom. The summed E-state index contributed by atoms with van der Waals surface area (Å²) in [5.41, 5.74) is 0.957. The molecule has 0 spiro atoms. The lowest BCUT2D eigenvalue weighted by molar-refractivity contribution is -0.123. The van der Waals surface area contributed by atoms with E-state index in [1.165, 1.54) is 0 Å². The van der Waals surface area contributed by atoms with Crippen LogP contribution < -0.4 is 0 Å². The van der Waals surface area contributed by atoms with Crippen LogP contribution in [-0.4, -0.2) is 41.4 Å². The van der Waals surface area contributed by atoms with Crippen molar-refractivity contribution >= 4 is 11.6 Å². The fraction of sp³-hybridized carbons (Fsp3) is 0.611. The second-order valence-electron chi connectivity index (χ2n) is 6.88. The first-order valence-corrected chi connectivity index (χ1v) is 8.62. The molecule has 0 amide bonds. The summed E-state index contributed by atoms with van der Waals surface area (Å²) in [6, 6.07) is 8.03. The molecule has 1 aromatic rings. The van der Waals surface area contributed by atoms with E-state index >= 15 is 0 Å². The van der Waals surface area contributed by atoms with Gasteiger partial charge in [-0.3, -0.25) is 4.90 Å². The minimum Gasteiger partial charge on any atom is -0.390 e. The third-order valence-corrected chi connectivity index (χ3v) is 5.53.